The average molecular weight is 337 g/mol. The van der Waals surface area contributed by atoms with Gasteiger partial charge in [-0.25, -0.2) is 0 Å². The summed E-state index contributed by atoms with van der Waals surface area (Å²) in [5.74, 6) is 2.67. The fourth-order valence-electron chi connectivity index (χ4n) is 4.20. The van der Waals surface area contributed by atoms with Crippen molar-refractivity contribution in [2.24, 2.45) is 5.92 Å². The Morgan fingerprint density at radius 2 is 1.40 bits per heavy atom. The first-order valence-corrected chi connectivity index (χ1v) is 10.0. The maximum Gasteiger partial charge on any atom is 0.118 e. The van der Waals surface area contributed by atoms with Crippen LogP contribution in [-0.4, -0.2) is 7.11 Å². The van der Waals surface area contributed by atoms with Crippen LogP contribution in [0.5, 0.6) is 5.75 Å². The number of hydrogen-bond acceptors (Lipinski definition) is 1. The van der Waals surface area contributed by atoms with Crippen molar-refractivity contribution in [2.75, 3.05) is 7.11 Å². The van der Waals surface area contributed by atoms with Gasteiger partial charge in [0, 0.05) is 0 Å². The Balaban J connectivity index is 1.56. The lowest BCUT2D eigenvalue weighted by Crippen LogP contribution is -2.13. The molecule has 134 valence electrons. The summed E-state index contributed by atoms with van der Waals surface area (Å²) in [6.45, 7) is 2.30. The van der Waals surface area contributed by atoms with Crippen molar-refractivity contribution >= 4 is 0 Å². The summed E-state index contributed by atoms with van der Waals surface area (Å²) in [4.78, 5) is 0. The highest BCUT2D eigenvalue weighted by molar-refractivity contribution is 5.64. The summed E-state index contributed by atoms with van der Waals surface area (Å²) < 4.78 is 5.24. The zero-order chi connectivity index (χ0) is 17.5. The number of hydrogen-bond donors (Lipinski definition) is 0. The van der Waals surface area contributed by atoms with E-state index in [2.05, 4.69) is 43.3 Å². The van der Waals surface area contributed by atoms with Gasteiger partial charge in [0.15, 0.2) is 0 Å². The lowest BCUT2D eigenvalue weighted by atomic mass is 9.77. The molecule has 1 heteroatoms. The molecule has 0 atom stereocenters. The molecule has 0 aromatic heterocycles. The van der Waals surface area contributed by atoms with E-state index in [1.807, 2.05) is 12.1 Å². The molecule has 2 aromatic rings. The Labute approximate surface area is 153 Å². The van der Waals surface area contributed by atoms with Crippen LogP contribution < -0.4 is 4.74 Å². The van der Waals surface area contributed by atoms with Crippen molar-refractivity contribution in [3.8, 4) is 16.9 Å². The molecule has 1 nitrogen and oxygen atoms in total. The van der Waals surface area contributed by atoms with Crippen LogP contribution in [0.15, 0.2) is 48.5 Å². The SMILES string of the molecule is CCCCCC1CCC(c2ccc(-c3ccc(OC)cc3)cc2)CC1. The second kappa shape index (κ2) is 9.08. The van der Waals surface area contributed by atoms with Crippen LogP contribution >= 0.6 is 0 Å². The van der Waals surface area contributed by atoms with Gasteiger partial charge in [-0.1, -0.05) is 69.0 Å². The molecule has 3 rings (SSSR count). The molecule has 2 aromatic carbocycles. The van der Waals surface area contributed by atoms with Gasteiger partial charge in [0.05, 0.1) is 7.11 Å². The van der Waals surface area contributed by atoms with Gasteiger partial charge in [-0.3, -0.25) is 0 Å². The van der Waals surface area contributed by atoms with Gasteiger partial charge in [-0.2, -0.15) is 0 Å². The van der Waals surface area contributed by atoms with Gasteiger partial charge in [0.25, 0.3) is 0 Å². The number of benzene rings is 2. The first-order chi connectivity index (χ1) is 12.3. The number of unbranched alkanes of at least 4 members (excludes halogenated alkanes) is 2. The van der Waals surface area contributed by atoms with Crippen LogP contribution in [0, 0.1) is 5.92 Å². The van der Waals surface area contributed by atoms with Gasteiger partial charge in [-0.15, -0.1) is 0 Å². The van der Waals surface area contributed by atoms with Gasteiger partial charge < -0.3 is 4.74 Å². The fraction of sp³-hybridized carbons (Fsp3) is 0.500. The van der Waals surface area contributed by atoms with E-state index in [9.17, 15) is 0 Å². The lowest BCUT2D eigenvalue weighted by molar-refractivity contribution is 0.303. The molecule has 0 aliphatic heterocycles. The first-order valence-electron chi connectivity index (χ1n) is 10.0. The second-order valence-corrected chi connectivity index (χ2v) is 7.56. The van der Waals surface area contributed by atoms with Crippen molar-refractivity contribution < 1.29 is 4.74 Å². The summed E-state index contributed by atoms with van der Waals surface area (Å²) in [6, 6.07) is 17.6. The Bertz CT molecular complexity index is 618. The van der Waals surface area contributed by atoms with Crippen molar-refractivity contribution in [1.29, 1.82) is 0 Å². The Kier molecular flexibility index (Phi) is 6.55. The van der Waals surface area contributed by atoms with Crippen LogP contribution in [-0.2, 0) is 0 Å². The van der Waals surface area contributed by atoms with Crippen molar-refractivity contribution in [3.63, 3.8) is 0 Å². The summed E-state index contributed by atoms with van der Waals surface area (Å²) in [7, 11) is 1.71. The third-order valence-electron chi connectivity index (χ3n) is 5.87. The Morgan fingerprint density at radius 3 is 1.96 bits per heavy atom. The summed E-state index contributed by atoms with van der Waals surface area (Å²) in [6.07, 6.45) is 11.2. The number of methoxy groups -OCH3 is 1. The zero-order valence-electron chi connectivity index (χ0n) is 15.8. The van der Waals surface area contributed by atoms with Crippen LogP contribution in [0.25, 0.3) is 11.1 Å². The van der Waals surface area contributed by atoms with E-state index in [1.165, 1.54) is 68.1 Å². The lowest BCUT2D eigenvalue weighted by Gasteiger charge is -2.29. The standard InChI is InChI=1S/C24H32O/c1-3-4-5-6-19-7-9-20(10-8-19)21-11-13-22(14-12-21)23-15-17-24(25-2)18-16-23/h11-20H,3-10H2,1-2H3. The fourth-order valence-corrected chi connectivity index (χ4v) is 4.20. The molecular formula is C24H32O. The van der Waals surface area contributed by atoms with Crippen LogP contribution in [0.1, 0.15) is 69.8 Å². The molecular weight excluding hydrogens is 304 g/mol. The predicted molar refractivity (Wildman–Crippen MR) is 107 cm³/mol. The highest BCUT2D eigenvalue weighted by atomic mass is 16.5. The molecule has 0 N–H and O–H groups in total. The van der Waals surface area contributed by atoms with E-state index >= 15 is 0 Å². The number of ether oxygens (including phenoxy) is 1. The summed E-state index contributed by atoms with van der Waals surface area (Å²) in [5.41, 5.74) is 4.08. The molecule has 0 radical (unpaired) electrons. The van der Waals surface area contributed by atoms with E-state index in [0.29, 0.717) is 0 Å². The van der Waals surface area contributed by atoms with E-state index in [4.69, 9.17) is 4.74 Å². The molecule has 0 spiro atoms. The molecule has 0 amide bonds. The normalized spacial score (nSPS) is 20.4. The zero-order valence-corrected chi connectivity index (χ0v) is 15.8. The van der Waals surface area contributed by atoms with Gasteiger partial charge in [0.1, 0.15) is 5.75 Å². The molecule has 0 bridgehead atoms. The summed E-state index contributed by atoms with van der Waals surface area (Å²) in [5, 5.41) is 0. The average Bonchev–Trinajstić information content (AvgIpc) is 2.69. The smallest absolute Gasteiger partial charge is 0.118 e. The minimum atomic E-state index is 0.771. The Morgan fingerprint density at radius 1 is 0.800 bits per heavy atom. The molecule has 0 saturated heterocycles. The maximum atomic E-state index is 5.24. The summed E-state index contributed by atoms with van der Waals surface area (Å²) >= 11 is 0. The van der Waals surface area contributed by atoms with Crippen LogP contribution in [0.4, 0.5) is 0 Å². The molecule has 0 unspecified atom stereocenters. The molecule has 25 heavy (non-hydrogen) atoms. The van der Waals surface area contributed by atoms with Crippen molar-refractivity contribution in [1.82, 2.24) is 0 Å². The predicted octanol–water partition coefficient (Wildman–Crippen LogP) is 7.22. The first kappa shape index (κ1) is 18.0. The van der Waals surface area contributed by atoms with Crippen LogP contribution in [0.2, 0.25) is 0 Å². The Hall–Kier alpha value is -1.76. The molecule has 0 heterocycles. The molecule has 1 fully saturated rings. The topological polar surface area (TPSA) is 9.23 Å². The van der Waals surface area contributed by atoms with Gasteiger partial charge >= 0.3 is 0 Å². The second-order valence-electron chi connectivity index (χ2n) is 7.56. The van der Waals surface area contributed by atoms with E-state index in [-0.39, 0.29) is 0 Å². The highest BCUT2D eigenvalue weighted by Crippen LogP contribution is 2.38. The third-order valence-corrected chi connectivity index (χ3v) is 5.87. The minimum Gasteiger partial charge on any atom is -0.497 e. The van der Waals surface area contributed by atoms with Crippen molar-refractivity contribution in [3.05, 3.63) is 54.1 Å². The van der Waals surface area contributed by atoms with E-state index in [1.54, 1.807) is 7.11 Å². The molecule has 1 saturated carbocycles. The van der Waals surface area contributed by atoms with Gasteiger partial charge in [-0.05, 0) is 66.3 Å². The van der Waals surface area contributed by atoms with E-state index < -0.39 is 0 Å². The largest absolute Gasteiger partial charge is 0.497 e. The monoisotopic (exact) mass is 336 g/mol. The maximum absolute atomic E-state index is 5.24. The minimum absolute atomic E-state index is 0.771. The molecule has 1 aliphatic carbocycles. The van der Waals surface area contributed by atoms with E-state index in [0.717, 1.165) is 17.6 Å². The quantitative estimate of drug-likeness (QED) is 0.485. The van der Waals surface area contributed by atoms with Gasteiger partial charge in [0.2, 0.25) is 0 Å². The molecule has 1 aliphatic rings. The van der Waals surface area contributed by atoms with Crippen molar-refractivity contribution in [2.45, 2.75) is 64.2 Å². The van der Waals surface area contributed by atoms with Crippen LogP contribution in [0.3, 0.4) is 0 Å². The number of rotatable bonds is 7. The third kappa shape index (κ3) is 4.87. The highest BCUT2D eigenvalue weighted by Gasteiger charge is 2.21.